The van der Waals surface area contributed by atoms with E-state index in [0.717, 1.165) is 11.8 Å². The SMILES string of the molecule is Cc1ccc(Cl)cc1N(CCCC(=O)NC(C)(C)C)S(C)(=O)=O. The van der Waals surface area contributed by atoms with Crippen molar-refractivity contribution in [3.63, 3.8) is 0 Å². The summed E-state index contributed by atoms with van der Waals surface area (Å²) in [6.45, 7) is 7.78. The summed E-state index contributed by atoms with van der Waals surface area (Å²) >= 11 is 5.98. The molecule has 1 rings (SSSR count). The molecule has 0 saturated heterocycles. The number of anilines is 1. The van der Waals surface area contributed by atoms with Gasteiger partial charge in [0.1, 0.15) is 0 Å². The monoisotopic (exact) mass is 360 g/mol. The van der Waals surface area contributed by atoms with E-state index in [2.05, 4.69) is 5.32 Å². The second kappa shape index (κ2) is 7.53. The summed E-state index contributed by atoms with van der Waals surface area (Å²) in [6.07, 6.45) is 1.85. The lowest BCUT2D eigenvalue weighted by Crippen LogP contribution is -2.41. The Hall–Kier alpha value is -1.27. The molecule has 5 nitrogen and oxygen atoms in total. The third-order valence-corrected chi connectivity index (χ3v) is 4.53. The standard InChI is InChI=1S/C16H25ClN2O3S/c1-12-8-9-13(17)11-14(12)19(23(5,21)22)10-6-7-15(20)18-16(2,3)4/h8-9,11H,6-7,10H2,1-5H3,(H,18,20). The van der Waals surface area contributed by atoms with Crippen LogP contribution in [0.1, 0.15) is 39.2 Å². The highest BCUT2D eigenvalue weighted by atomic mass is 35.5. The molecular formula is C16H25ClN2O3S. The van der Waals surface area contributed by atoms with Crippen molar-refractivity contribution < 1.29 is 13.2 Å². The highest BCUT2D eigenvalue weighted by Gasteiger charge is 2.20. The lowest BCUT2D eigenvalue weighted by molar-refractivity contribution is -0.122. The van der Waals surface area contributed by atoms with Gasteiger partial charge < -0.3 is 5.32 Å². The summed E-state index contributed by atoms with van der Waals surface area (Å²) in [5, 5.41) is 3.34. The van der Waals surface area contributed by atoms with Crippen molar-refractivity contribution in [2.24, 2.45) is 0 Å². The third-order valence-electron chi connectivity index (χ3n) is 3.12. The molecule has 0 atom stereocenters. The molecule has 0 bridgehead atoms. The lowest BCUT2D eigenvalue weighted by Gasteiger charge is -2.25. The van der Waals surface area contributed by atoms with Crippen LogP contribution in [0.25, 0.3) is 0 Å². The average molecular weight is 361 g/mol. The van der Waals surface area contributed by atoms with Gasteiger partial charge in [0, 0.05) is 23.5 Å². The van der Waals surface area contributed by atoms with E-state index in [1.54, 1.807) is 18.2 Å². The fourth-order valence-corrected chi connectivity index (χ4v) is 3.36. The topological polar surface area (TPSA) is 66.5 Å². The summed E-state index contributed by atoms with van der Waals surface area (Å²) in [7, 11) is -3.45. The van der Waals surface area contributed by atoms with E-state index in [1.807, 2.05) is 27.7 Å². The van der Waals surface area contributed by atoms with E-state index < -0.39 is 10.0 Å². The zero-order valence-electron chi connectivity index (χ0n) is 14.3. The predicted molar refractivity (Wildman–Crippen MR) is 95.5 cm³/mol. The van der Waals surface area contributed by atoms with Crippen LogP contribution in [-0.4, -0.2) is 32.7 Å². The largest absolute Gasteiger partial charge is 0.352 e. The van der Waals surface area contributed by atoms with Gasteiger partial charge in [-0.2, -0.15) is 0 Å². The van der Waals surface area contributed by atoms with E-state index in [0.29, 0.717) is 17.1 Å². The molecule has 0 aliphatic heterocycles. The number of nitrogens with one attached hydrogen (secondary N) is 1. The van der Waals surface area contributed by atoms with Crippen LogP contribution in [0.3, 0.4) is 0 Å². The zero-order chi connectivity index (χ0) is 17.8. The van der Waals surface area contributed by atoms with Crippen LogP contribution in [-0.2, 0) is 14.8 Å². The molecule has 23 heavy (non-hydrogen) atoms. The summed E-state index contributed by atoms with van der Waals surface area (Å²) in [5.41, 5.74) is 1.08. The first-order chi connectivity index (χ1) is 10.4. The number of nitrogens with zero attached hydrogens (tertiary/aromatic N) is 1. The summed E-state index contributed by atoms with van der Waals surface area (Å²) in [6, 6.07) is 5.13. The van der Waals surface area contributed by atoms with Gasteiger partial charge in [-0.15, -0.1) is 0 Å². The molecule has 0 saturated carbocycles. The first-order valence-electron chi connectivity index (χ1n) is 7.45. The average Bonchev–Trinajstić information content (AvgIpc) is 2.34. The van der Waals surface area contributed by atoms with Crippen LogP contribution >= 0.6 is 11.6 Å². The lowest BCUT2D eigenvalue weighted by atomic mass is 10.1. The maximum Gasteiger partial charge on any atom is 0.232 e. The Morgan fingerprint density at radius 3 is 2.43 bits per heavy atom. The Kier molecular flexibility index (Phi) is 6.48. The van der Waals surface area contributed by atoms with Crippen LogP contribution in [0.15, 0.2) is 18.2 Å². The summed E-state index contributed by atoms with van der Waals surface area (Å²) in [5.74, 6) is -0.0891. The van der Waals surface area contributed by atoms with Gasteiger partial charge in [0.25, 0.3) is 0 Å². The van der Waals surface area contributed by atoms with Gasteiger partial charge in [-0.25, -0.2) is 8.42 Å². The van der Waals surface area contributed by atoms with E-state index >= 15 is 0 Å². The van der Waals surface area contributed by atoms with Crippen molar-refractivity contribution in [1.29, 1.82) is 0 Å². The van der Waals surface area contributed by atoms with Crippen molar-refractivity contribution in [3.8, 4) is 0 Å². The Balaban J connectivity index is 2.83. The van der Waals surface area contributed by atoms with Crippen molar-refractivity contribution >= 4 is 33.2 Å². The molecule has 1 aromatic rings. The molecule has 130 valence electrons. The number of benzene rings is 1. The van der Waals surface area contributed by atoms with Crippen molar-refractivity contribution in [2.75, 3.05) is 17.1 Å². The van der Waals surface area contributed by atoms with E-state index in [9.17, 15) is 13.2 Å². The number of carbonyl (C=O) groups is 1. The molecule has 7 heteroatoms. The van der Waals surface area contributed by atoms with E-state index in [-0.39, 0.29) is 24.4 Å². The molecular weight excluding hydrogens is 336 g/mol. The third kappa shape index (κ3) is 6.79. The van der Waals surface area contributed by atoms with Crippen molar-refractivity contribution in [1.82, 2.24) is 5.32 Å². The van der Waals surface area contributed by atoms with Gasteiger partial charge in [-0.1, -0.05) is 17.7 Å². The minimum Gasteiger partial charge on any atom is -0.352 e. The van der Waals surface area contributed by atoms with Crippen molar-refractivity contribution in [3.05, 3.63) is 28.8 Å². The van der Waals surface area contributed by atoms with Crippen LogP contribution in [0.4, 0.5) is 5.69 Å². The number of rotatable bonds is 6. The molecule has 0 aromatic heterocycles. The Morgan fingerprint density at radius 2 is 1.91 bits per heavy atom. The van der Waals surface area contributed by atoms with Gasteiger partial charge in [-0.05, 0) is 51.8 Å². The molecule has 0 aliphatic carbocycles. The van der Waals surface area contributed by atoms with Gasteiger partial charge >= 0.3 is 0 Å². The molecule has 0 unspecified atom stereocenters. The van der Waals surface area contributed by atoms with Gasteiger partial charge in [0.2, 0.25) is 15.9 Å². The predicted octanol–water partition coefficient (Wildman–Crippen LogP) is 3.11. The molecule has 1 aromatic carbocycles. The highest BCUT2D eigenvalue weighted by molar-refractivity contribution is 7.92. The normalized spacial score (nSPS) is 12.1. The number of aryl methyl sites for hydroxylation is 1. The fraction of sp³-hybridized carbons (Fsp3) is 0.562. The first kappa shape index (κ1) is 19.8. The number of sulfonamides is 1. The Labute approximate surface area is 144 Å². The highest BCUT2D eigenvalue weighted by Crippen LogP contribution is 2.26. The summed E-state index contributed by atoms with van der Waals surface area (Å²) < 4.78 is 25.5. The number of hydrogen-bond acceptors (Lipinski definition) is 3. The quantitative estimate of drug-likeness (QED) is 0.847. The maximum absolute atomic E-state index is 12.1. The fourth-order valence-electron chi connectivity index (χ4n) is 2.18. The minimum atomic E-state index is -3.45. The van der Waals surface area contributed by atoms with E-state index in [1.165, 1.54) is 4.31 Å². The van der Waals surface area contributed by atoms with Crippen LogP contribution in [0.2, 0.25) is 5.02 Å². The van der Waals surface area contributed by atoms with Gasteiger partial charge in [0.15, 0.2) is 0 Å². The van der Waals surface area contributed by atoms with Crippen LogP contribution in [0.5, 0.6) is 0 Å². The molecule has 0 fully saturated rings. The molecule has 0 spiro atoms. The van der Waals surface area contributed by atoms with Gasteiger partial charge in [-0.3, -0.25) is 9.10 Å². The Morgan fingerprint density at radius 1 is 1.30 bits per heavy atom. The molecule has 1 N–H and O–H groups in total. The number of carbonyl (C=O) groups excluding carboxylic acids is 1. The Bertz CT molecular complexity index is 666. The molecule has 1 amide bonds. The van der Waals surface area contributed by atoms with Crippen molar-refractivity contribution in [2.45, 2.75) is 46.1 Å². The second-order valence-corrected chi connectivity index (χ2v) is 9.01. The minimum absolute atomic E-state index is 0.0891. The second-order valence-electron chi connectivity index (χ2n) is 6.67. The van der Waals surface area contributed by atoms with Gasteiger partial charge in [0.05, 0.1) is 11.9 Å². The molecule has 0 heterocycles. The van der Waals surface area contributed by atoms with Crippen LogP contribution < -0.4 is 9.62 Å². The van der Waals surface area contributed by atoms with E-state index in [4.69, 9.17) is 11.6 Å². The molecule has 0 radical (unpaired) electrons. The number of amides is 1. The summed E-state index contributed by atoms with van der Waals surface area (Å²) in [4.78, 5) is 11.8. The number of hydrogen-bond donors (Lipinski definition) is 1. The van der Waals surface area contributed by atoms with Crippen LogP contribution in [0, 0.1) is 6.92 Å². The number of halogens is 1. The zero-order valence-corrected chi connectivity index (χ0v) is 15.9. The smallest absolute Gasteiger partial charge is 0.232 e. The first-order valence-corrected chi connectivity index (χ1v) is 9.67. The molecule has 0 aliphatic rings. The maximum atomic E-state index is 12.1.